The van der Waals surface area contributed by atoms with Crippen LogP contribution in [-0.2, 0) is 14.3 Å². The molecule has 0 aromatic rings. The van der Waals surface area contributed by atoms with Crippen LogP contribution in [0, 0.1) is 0 Å². The van der Waals surface area contributed by atoms with Gasteiger partial charge in [-0.2, -0.15) is 0 Å². The maximum atomic E-state index is 13.1. The fourth-order valence-corrected chi connectivity index (χ4v) is 6.84. The molecule has 0 aromatic heterocycles. The van der Waals surface area contributed by atoms with E-state index in [1.807, 2.05) is 12.2 Å². The molecule has 0 spiro atoms. The van der Waals surface area contributed by atoms with Gasteiger partial charge in [0.25, 0.3) is 0 Å². The molecule has 0 saturated heterocycles. The first-order valence-electron chi connectivity index (χ1n) is 22.7. The Morgan fingerprint density at radius 1 is 0.566 bits per heavy atom. The van der Waals surface area contributed by atoms with Crippen molar-refractivity contribution >= 4 is 11.9 Å². The number of amides is 1. The lowest BCUT2D eigenvalue weighted by molar-refractivity contribution is -0.151. The first-order valence-corrected chi connectivity index (χ1v) is 22.7. The van der Waals surface area contributed by atoms with Gasteiger partial charge in [0.15, 0.2) is 0 Å². The zero-order chi connectivity index (χ0) is 38.9. The Hall–Kier alpha value is -1.92. The lowest BCUT2D eigenvalue weighted by Crippen LogP contribution is -2.46. The molecule has 310 valence electrons. The number of carbonyl (C=O) groups excluding carboxylic acids is 2. The smallest absolute Gasteiger partial charge is 0.306 e. The van der Waals surface area contributed by atoms with Crippen molar-refractivity contribution in [3.63, 3.8) is 0 Å². The normalized spacial score (nSPS) is 13.7. The Morgan fingerprint density at radius 3 is 1.53 bits per heavy atom. The minimum absolute atomic E-state index is 0.0571. The van der Waals surface area contributed by atoms with Crippen LogP contribution in [0.25, 0.3) is 0 Å². The second kappa shape index (κ2) is 41.2. The number of allylic oxidation sites excluding steroid dienone is 6. The number of esters is 1. The van der Waals surface area contributed by atoms with Crippen LogP contribution in [0.4, 0.5) is 0 Å². The lowest BCUT2D eigenvalue weighted by Gasteiger charge is -2.24. The van der Waals surface area contributed by atoms with E-state index in [0.717, 1.165) is 70.6 Å². The van der Waals surface area contributed by atoms with Gasteiger partial charge in [-0.05, 0) is 44.9 Å². The van der Waals surface area contributed by atoms with Crippen molar-refractivity contribution in [1.29, 1.82) is 0 Å². The Balaban J connectivity index is 4.55. The molecule has 0 aromatic carbocycles. The van der Waals surface area contributed by atoms with Crippen molar-refractivity contribution in [2.75, 3.05) is 6.61 Å². The Morgan fingerprint density at radius 2 is 1.02 bits per heavy atom. The van der Waals surface area contributed by atoms with E-state index >= 15 is 0 Å². The summed E-state index contributed by atoms with van der Waals surface area (Å²) in [7, 11) is 0. The summed E-state index contributed by atoms with van der Waals surface area (Å²) in [5.74, 6) is -0.508. The number of aliphatic hydroxyl groups excluding tert-OH is 2. The van der Waals surface area contributed by atoms with Gasteiger partial charge in [-0.3, -0.25) is 9.59 Å². The van der Waals surface area contributed by atoms with Gasteiger partial charge in [-0.15, -0.1) is 0 Å². The number of carbonyl (C=O) groups is 2. The summed E-state index contributed by atoms with van der Waals surface area (Å²) in [6.07, 6.45) is 46.4. The van der Waals surface area contributed by atoms with Crippen LogP contribution >= 0.6 is 0 Å². The molecular weight excluding hydrogens is 659 g/mol. The van der Waals surface area contributed by atoms with E-state index in [0.29, 0.717) is 19.3 Å². The molecule has 0 aliphatic rings. The van der Waals surface area contributed by atoms with Gasteiger partial charge in [0, 0.05) is 6.42 Å². The number of unbranched alkanes of at least 4 members (excludes halogenated alkanes) is 24. The van der Waals surface area contributed by atoms with Gasteiger partial charge >= 0.3 is 5.97 Å². The minimum Gasteiger partial charge on any atom is -0.462 e. The third-order valence-corrected chi connectivity index (χ3v) is 10.3. The summed E-state index contributed by atoms with van der Waals surface area (Å²) < 4.78 is 5.86. The topological polar surface area (TPSA) is 95.9 Å². The van der Waals surface area contributed by atoms with Crippen LogP contribution < -0.4 is 5.32 Å². The standard InChI is InChI=1S/C47H87NO5/c1-4-7-10-13-16-19-21-22-23-25-28-30-33-36-39-45(50)44(42-49)48-46(51)41-43(38-35-32-29-27-24-20-17-14-11-8-5-2)53-47(52)40-37-34-31-26-18-15-12-9-6-3/h8,11,14,17,20,24,43-45,49-50H,4-7,9-10,12-13,15-16,18-19,21-23,25-42H2,1-3H3,(H,48,51)/b11-8+,17-14+,24-20-. The van der Waals surface area contributed by atoms with Crippen molar-refractivity contribution in [1.82, 2.24) is 5.32 Å². The number of ether oxygens (including phenoxy) is 1. The van der Waals surface area contributed by atoms with Crippen molar-refractivity contribution < 1.29 is 24.5 Å². The number of rotatable bonds is 40. The molecule has 3 atom stereocenters. The SMILES string of the molecule is CC/C=C/C=C/C=C\CCCCCC(CC(=O)NC(CO)C(O)CCCCCCCCCCCCCCCC)OC(=O)CCCCCCCCCCC. The molecule has 3 N–H and O–H groups in total. The third kappa shape index (κ3) is 36.8. The molecule has 0 aliphatic carbocycles. The van der Waals surface area contributed by atoms with Gasteiger partial charge in [0.2, 0.25) is 5.91 Å². The first kappa shape index (κ1) is 51.1. The molecule has 6 nitrogen and oxygen atoms in total. The minimum atomic E-state index is -0.792. The molecule has 0 heterocycles. The van der Waals surface area contributed by atoms with Crippen LogP contribution in [-0.4, -0.2) is 46.9 Å². The van der Waals surface area contributed by atoms with Crippen LogP contribution in [0.2, 0.25) is 0 Å². The van der Waals surface area contributed by atoms with Crippen LogP contribution in [0.3, 0.4) is 0 Å². The van der Waals surface area contributed by atoms with Crippen molar-refractivity contribution in [3.8, 4) is 0 Å². The Kier molecular flexibility index (Phi) is 39.8. The monoisotopic (exact) mass is 746 g/mol. The second-order valence-electron chi connectivity index (χ2n) is 15.5. The summed E-state index contributed by atoms with van der Waals surface area (Å²) in [5.41, 5.74) is 0. The van der Waals surface area contributed by atoms with E-state index in [1.54, 1.807) is 0 Å². The van der Waals surface area contributed by atoms with Gasteiger partial charge in [-0.1, -0.05) is 205 Å². The lowest BCUT2D eigenvalue weighted by atomic mass is 10.0. The highest BCUT2D eigenvalue weighted by molar-refractivity contribution is 5.77. The zero-order valence-electron chi connectivity index (χ0n) is 35.1. The molecule has 3 unspecified atom stereocenters. The summed E-state index contributed by atoms with van der Waals surface area (Å²) in [6.45, 7) is 6.31. The first-order chi connectivity index (χ1) is 26.0. The van der Waals surface area contributed by atoms with Gasteiger partial charge in [-0.25, -0.2) is 0 Å². The fourth-order valence-electron chi connectivity index (χ4n) is 6.84. The number of nitrogens with one attached hydrogen (secondary N) is 1. The summed E-state index contributed by atoms with van der Waals surface area (Å²) in [4.78, 5) is 25.9. The zero-order valence-corrected chi connectivity index (χ0v) is 35.1. The fraction of sp³-hybridized carbons (Fsp3) is 0.830. The van der Waals surface area contributed by atoms with Crippen LogP contribution in [0.1, 0.15) is 226 Å². The molecule has 0 fully saturated rings. The third-order valence-electron chi connectivity index (χ3n) is 10.3. The predicted octanol–water partition coefficient (Wildman–Crippen LogP) is 12.9. The summed E-state index contributed by atoms with van der Waals surface area (Å²) in [5, 5.41) is 23.6. The predicted molar refractivity (Wildman–Crippen MR) is 227 cm³/mol. The molecule has 1 amide bonds. The highest BCUT2D eigenvalue weighted by Crippen LogP contribution is 2.17. The Bertz CT molecular complexity index is 884. The quantitative estimate of drug-likeness (QED) is 0.0330. The summed E-state index contributed by atoms with van der Waals surface area (Å²) >= 11 is 0. The molecular formula is C47H87NO5. The van der Waals surface area contributed by atoms with E-state index in [9.17, 15) is 19.8 Å². The molecule has 0 radical (unpaired) electrons. The molecule has 0 saturated carbocycles. The van der Waals surface area contributed by atoms with E-state index in [4.69, 9.17) is 4.74 Å². The average molecular weight is 746 g/mol. The summed E-state index contributed by atoms with van der Waals surface area (Å²) in [6, 6.07) is -0.707. The molecule has 53 heavy (non-hydrogen) atoms. The molecule has 0 aliphatic heterocycles. The second-order valence-corrected chi connectivity index (χ2v) is 15.5. The van der Waals surface area contributed by atoms with Gasteiger partial charge < -0.3 is 20.3 Å². The van der Waals surface area contributed by atoms with Crippen LogP contribution in [0.5, 0.6) is 0 Å². The van der Waals surface area contributed by atoms with Crippen molar-refractivity contribution in [3.05, 3.63) is 36.5 Å². The number of hydrogen-bond donors (Lipinski definition) is 3. The largest absolute Gasteiger partial charge is 0.462 e. The highest BCUT2D eigenvalue weighted by atomic mass is 16.5. The van der Waals surface area contributed by atoms with Crippen LogP contribution in [0.15, 0.2) is 36.5 Å². The van der Waals surface area contributed by atoms with Crippen molar-refractivity contribution in [2.24, 2.45) is 0 Å². The van der Waals surface area contributed by atoms with E-state index in [-0.39, 0.29) is 24.9 Å². The highest BCUT2D eigenvalue weighted by Gasteiger charge is 2.24. The Labute approximate surface area is 328 Å². The maximum absolute atomic E-state index is 13.1. The average Bonchev–Trinajstić information content (AvgIpc) is 3.15. The van der Waals surface area contributed by atoms with E-state index in [1.165, 1.54) is 109 Å². The van der Waals surface area contributed by atoms with Gasteiger partial charge in [0.1, 0.15) is 6.10 Å². The van der Waals surface area contributed by atoms with Gasteiger partial charge in [0.05, 0.1) is 25.2 Å². The van der Waals surface area contributed by atoms with Crippen molar-refractivity contribution in [2.45, 2.75) is 244 Å². The molecule has 6 heteroatoms. The number of aliphatic hydroxyl groups is 2. The molecule has 0 bridgehead atoms. The maximum Gasteiger partial charge on any atom is 0.306 e. The van der Waals surface area contributed by atoms with E-state index in [2.05, 4.69) is 50.4 Å². The van der Waals surface area contributed by atoms with E-state index < -0.39 is 18.2 Å². The molecule has 0 rings (SSSR count). The number of hydrogen-bond acceptors (Lipinski definition) is 5.